The number of primary amides is 1. The lowest BCUT2D eigenvalue weighted by atomic mass is 10.0. The number of carbonyl (C=O) groups excluding carboxylic acids is 1. The van der Waals surface area contributed by atoms with Gasteiger partial charge in [-0.1, -0.05) is 60.7 Å². The molecule has 2 rings (SSSR count). The van der Waals surface area contributed by atoms with Gasteiger partial charge in [-0.2, -0.15) is 0 Å². The highest BCUT2D eigenvalue weighted by Crippen LogP contribution is 2.08. The zero-order valence-electron chi connectivity index (χ0n) is 9.61. The summed E-state index contributed by atoms with van der Waals surface area (Å²) in [5, 5.41) is 7.19. The topological polar surface area (TPSA) is 80.4 Å². The van der Waals surface area contributed by atoms with Gasteiger partial charge in [-0.05, 0) is 0 Å². The van der Waals surface area contributed by atoms with Crippen molar-refractivity contribution in [1.29, 1.82) is 0 Å². The van der Waals surface area contributed by atoms with Gasteiger partial charge in [0.15, 0.2) is 5.78 Å². The molecule has 0 aliphatic heterocycles. The number of carboxylic acid groups (broad SMARTS) is 1. The van der Waals surface area contributed by atoms with E-state index in [1.54, 1.807) is 0 Å². The minimum atomic E-state index is -1.33. The third kappa shape index (κ3) is 4.49. The average Bonchev–Trinajstić information content (AvgIpc) is 2.39. The number of nitrogens with two attached hydrogens (primary N) is 1. The first-order chi connectivity index (χ1) is 8.61. The first-order valence-electron chi connectivity index (χ1n) is 5.24. The summed E-state index contributed by atoms with van der Waals surface area (Å²) in [7, 11) is 0. The van der Waals surface area contributed by atoms with Crippen molar-refractivity contribution in [3.8, 4) is 0 Å². The van der Waals surface area contributed by atoms with Gasteiger partial charge in [-0.15, -0.1) is 0 Å². The molecule has 1 amide bonds. The molecule has 18 heavy (non-hydrogen) atoms. The second-order valence-corrected chi connectivity index (χ2v) is 3.40. The van der Waals surface area contributed by atoms with Crippen LogP contribution in [-0.2, 0) is 0 Å². The monoisotopic (exact) mass is 243 g/mol. The number of rotatable bonds is 2. The fourth-order valence-corrected chi connectivity index (χ4v) is 1.35. The van der Waals surface area contributed by atoms with Crippen LogP contribution in [0.25, 0.3) is 0 Å². The van der Waals surface area contributed by atoms with Crippen LogP contribution in [0.5, 0.6) is 0 Å². The van der Waals surface area contributed by atoms with Crippen molar-refractivity contribution in [3.05, 3.63) is 71.8 Å². The molecule has 0 atom stereocenters. The highest BCUT2D eigenvalue weighted by molar-refractivity contribution is 6.08. The maximum absolute atomic E-state index is 11.8. The molecule has 0 bridgehead atoms. The molecule has 92 valence electrons. The summed E-state index contributed by atoms with van der Waals surface area (Å²) in [5.74, 6) is 0.0752. The van der Waals surface area contributed by atoms with Crippen LogP contribution in [0.3, 0.4) is 0 Å². The normalized spacial score (nSPS) is 8.89. The molecular formula is C14H13NO3. The zero-order valence-corrected chi connectivity index (χ0v) is 9.61. The molecular weight excluding hydrogens is 230 g/mol. The van der Waals surface area contributed by atoms with Crippen LogP contribution >= 0.6 is 0 Å². The van der Waals surface area contributed by atoms with Crippen LogP contribution < -0.4 is 5.73 Å². The number of carbonyl (C=O) groups is 2. The van der Waals surface area contributed by atoms with E-state index >= 15 is 0 Å². The highest BCUT2D eigenvalue weighted by Gasteiger charge is 2.06. The number of hydrogen-bond acceptors (Lipinski definition) is 2. The molecule has 0 heterocycles. The van der Waals surface area contributed by atoms with Crippen molar-refractivity contribution in [2.24, 2.45) is 5.73 Å². The first kappa shape index (κ1) is 13.4. The Morgan fingerprint density at radius 1 is 0.778 bits per heavy atom. The molecule has 0 aliphatic rings. The number of hydrogen-bond donors (Lipinski definition) is 2. The van der Waals surface area contributed by atoms with Crippen molar-refractivity contribution < 1.29 is 14.7 Å². The summed E-state index contributed by atoms with van der Waals surface area (Å²) in [6.45, 7) is 0. The molecule has 0 aromatic heterocycles. The molecule has 4 heteroatoms. The molecule has 0 unspecified atom stereocenters. The summed E-state index contributed by atoms with van der Waals surface area (Å²) >= 11 is 0. The van der Waals surface area contributed by atoms with E-state index < -0.39 is 6.09 Å². The van der Waals surface area contributed by atoms with E-state index in [9.17, 15) is 4.79 Å². The van der Waals surface area contributed by atoms with E-state index in [2.05, 4.69) is 5.73 Å². The van der Waals surface area contributed by atoms with Gasteiger partial charge in [-0.25, -0.2) is 4.79 Å². The molecule has 2 aromatic carbocycles. The van der Waals surface area contributed by atoms with Gasteiger partial charge in [0, 0.05) is 11.1 Å². The predicted molar refractivity (Wildman–Crippen MR) is 68.5 cm³/mol. The Balaban J connectivity index is 0.000000357. The molecule has 3 N–H and O–H groups in total. The van der Waals surface area contributed by atoms with Crippen LogP contribution in [0.1, 0.15) is 15.9 Å². The Labute approximate surface area is 105 Å². The van der Waals surface area contributed by atoms with Gasteiger partial charge >= 0.3 is 6.09 Å². The molecule has 0 aliphatic carbocycles. The fourth-order valence-electron chi connectivity index (χ4n) is 1.35. The summed E-state index contributed by atoms with van der Waals surface area (Å²) in [6, 6.07) is 18.6. The second-order valence-electron chi connectivity index (χ2n) is 3.40. The van der Waals surface area contributed by atoms with Gasteiger partial charge in [0.1, 0.15) is 0 Å². The molecule has 2 aromatic rings. The Morgan fingerprint density at radius 2 is 1.06 bits per heavy atom. The summed E-state index contributed by atoms with van der Waals surface area (Å²) in [5.41, 5.74) is 5.50. The van der Waals surface area contributed by atoms with Crippen LogP contribution in [0.15, 0.2) is 60.7 Å². The molecule has 0 radical (unpaired) electrons. The highest BCUT2D eigenvalue weighted by atomic mass is 16.4. The summed E-state index contributed by atoms with van der Waals surface area (Å²) in [6.07, 6.45) is -1.33. The zero-order chi connectivity index (χ0) is 13.4. The Hall–Kier alpha value is -2.62. The standard InChI is InChI=1S/C13H10O.CH3NO2/c14-13(11-7-3-1-4-8-11)12-9-5-2-6-10-12;2-1(3)4/h1-10H;2H2,(H,3,4). The maximum Gasteiger partial charge on any atom is 0.402 e. The van der Waals surface area contributed by atoms with Crippen molar-refractivity contribution >= 4 is 11.9 Å². The number of ketones is 1. The number of benzene rings is 2. The number of amides is 1. The molecule has 0 saturated heterocycles. The Kier molecular flexibility index (Phi) is 5.12. The predicted octanol–water partition coefficient (Wildman–Crippen LogP) is 2.54. The second kappa shape index (κ2) is 6.85. The van der Waals surface area contributed by atoms with E-state index in [-0.39, 0.29) is 5.78 Å². The van der Waals surface area contributed by atoms with Crippen LogP contribution in [0.4, 0.5) is 4.79 Å². The van der Waals surface area contributed by atoms with Gasteiger partial charge in [0.2, 0.25) is 0 Å². The minimum Gasteiger partial charge on any atom is -0.465 e. The van der Waals surface area contributed by atoms with E-state index in [4.69, 9.17) is 9.90 Å². The first-order valence-corrected chi connectivity index (χ1v) is 5.24. The lowest BCUT2D eigenvalue weighted by Crippen LogP contribution is -2.03. The van der Waals surface area contributed by atoms with Crippen molar-refractivity contribution in [2.45, 2.75) is 0 Å². The Morgan fingerprint density at radius 3 is 1.33 bits per heavy atom. The third-order valence-electron chi connectivity index (χ3n) is 2.07. The average molecular weight is 243 g/mol. The van der Waals surface area contributed by atoms with Crippen molar-refractivity contribution in [2.75, 3.05) is 0 Å². The van der Waals surface area contributed by atoms with Crippen LogP contribution in [-0.4, -0.2) is 17.0 Å². The van der Waals surface area contributed by atoms with E-state index in [1.807, 2.05) is 60.7 Å². The maximum atomic E-state index is 11.8. The van der Waals surface area contributed by atoms with E-state index in [0.29, 0.717) is 0 Å². The lowest BCUT2D eigenvalue weighted by Gasteiger charge is -1.99. The quantitative estimate of drug-likeness (QED) is 0.795. The van der Waals surface area contributed by atoms with E-state index in [1.165, 1.54) is 0 Å². The van der Waals surface area contributed by atoms with Gasteiger partial charge in [-0.3, -0.25) is 4.79 Å². The largest absolute Gasteiger partial charge is 0.465 e. The Bertz CT molecular complexity index is 464. The summed E-state index contributed by atoms with van der Waals surface area (Å²) in [4.78, 5) is 20.6. The van der Waals surface area contributed by atoms with E-state index in [0.717, 1.165) is 11.1 Å². The summed E-state index contributed by atoms with van der Waals surface area (Å²) < 4.78 is 0. The van der Waals surface area contributed by atoms with Crippen LogP contribution in [0.2, 0.25) is 0 Å². The minimum absolute atomic E-state index is 0.0752. The van der Waals surface area contributed by atoms with Crippen molar-refractivity contribution in [3.63, 3.8) is 0 Å². The lowest BCUT2D eigenvalue weighted by molar-refractivity contribution is 0.103. The van der Waals surface area contributed by atoms with Crippen LogP contribution in [0, 0.1) is 0 Å². The molecule has 0 saturated carbocycles. The van der Waals surface area contributed by atoms with Crippen molar-refractivity contribution in [1.82, 2.24) is 0 Å². The van der Waals surface area contributed by atoms with Gasteiger partial charge in [0.25, 0.3) is 0 Å². The van der Waals surface area contributed by atoms with Gasteiger partial charge in [0.05, 0.1) is 0 Å². The molecule has 0 spiro atoms. The fraction of sp³-hybridized carbons (Fsp3) is 0. The SMILES string of the molecule is NC(=O)O.O=C(c1ccccc1)c1ccccc1. The smallest absolute Gasteiger partial charge is 0.402 e. The van der Waals surface area contributed by atoms with Gasteiger partial charge < -0.3 is 10.8 Å². The molecule has 4 nitrogen and oxygen atoms in total. The third-order valence-corrected chi connectivity index (χ3v) is 2.07. The molecule has 0 fully saturated rings.